The van der Waals surface area contributed by atoms with Crippen LogP contribution in [0, 0.1) is 0 Å². The average Bonchev–Trinajstić information content (AvgIpc) is 2.53. The van der Waals surface area contributed by atoms with Crippen LogP contribution in [0.25, 0.3) is 0 Å². The third kappa shape index (κ3) is 8.25. The van der Waals surface area contributed by atoms with Crippen molar-refractivity contribution in [1.82, 2.24) is 0 Å². The van der Waals surface area contributed by atoms with Gasteiger partial charge < -0.3 is 14.9 Å². The number of carbonyl (C=O) groups is 3. The molecular weight excluding hydrogens is 192 g/mol. The van der Waals surface area contributed by atoms with Gasteiger partial charge in [-0.15, -0.1) is 0 Å². The normalized spacial score (nSPS) is 14.4. The van der Waals surface area contributed by atoms with Crippen LogP contribution >= 0.6 is 0 Å². The number of hydrogen-bond acceptors (Lipinski definition) is 4. The zero-order valence-electron chi connectivity index (χ0n) is 7.30. The van der Waals surface area contributed by atoms with Crippen molar-refractivity contribution < 1.29 is 29.3 Å². The first-order valence-electron chi connectivity index (χ1n) is 3.82. The molecule has 1 aliphatic heterocycles. The maximum absolute atomic E-state index is 10.0. The second-order valence-electron chi connectivity index (χ2n) is 2.33. The van der Waals surface area contributed by atoms with E-state index in [2.05, 4.69) is 4.74 Å². The Kier molecular flexibility index (Phi) is 5.77. The third-order valence-corrected chi connectivity index (χ3v) is 1.16. The number of carboxylic acids is 2. The molecule has 0 aromatic carbocycles. The van der Waals surface area contributed by atoms with E-state index in [-0.39, 0.29) is 5.97 Å². The van der Waals surface area contributed by atoms with Gasteiger partial charge in [-0.3, -0.25) is 4.79 Å². The largest absolute Gasteiger partial charge is 0.478 e. The predicted molar refractivity (Wildman–Crippen MR) is 44.6 cm³/mol. The molecule has 0 spiro atoms. The lowest BCUT2D eigenvalue weighted by Crippen LogP contribution is -1.91. The van der Waals surface area contributed by atoms with Gasteiger partial charge in [0.05, 0.1) is 6.61 Å². The van der Waals surface area contributed by atoms with Crippen LogP contribution in [0.3, 0.4) is 0 Å². The zero-order valence-corrected chi connectivity index (χ0v) is 7.30. The van der Waals surface area contributed by atoms with Crippen molar-refractivity contribution >= 4 is 17.9 Å². The second-order valence-corrected chi connectivity index (χ2v) is 2.33. The van der Waals surface area contributed by atoms with E-state index < -0.39 is 11.9 Å². The number of esters is 1. The monoisotopic (exact) mass is 202 g/mol. The topological polar surface area (TPSA) is 101 Å². The molecule has 1 fully saturated rings. The Morgan fingerprint density at radius 2 is 1.71 bits per heavy atom. The maximum atomic E-state index is 10.0. The van der Waals surface area contributed by atoms with Crippen molar-refractivity contribution in [2.45, 2.75) is 12.8 Å². The molecule has 1 heterocycles. The van der Waals surface area contributed by atoms with Crippen LogP contribution in [-0.2, 0) is 19.1 Å². The number of rotatable bonds is 2. The van der Waals surface area contributed by atoms with Crippen LogP contribution in [-0.4, -0.2) is 34.7 Å². The molecule has 0 aromatic heterocycles. The van der Waals surface area contributed by atoms with Crippen LogP contribution in [0.4, 0.5) is 0 Å². The van der Waals surface area contributed by atoms with Crippen LogP contribution in [0.5, 0.6) is 0 Å². The van der Waals surface area contributed by atoms with E-state index in [9.17, 15) is 14.4 Å². The summed E-state index contributed by atoms with van der Waals surface area (Å²) in [5.74, 6) is -2.56. The number of carbonyl (C=O) groups excluding carboxylic acids is 1. The number of cyclic esters (lactones) is 1. The fourth-order valence-electron chi connectivity index (χ4n) is 0.617. The van der Waals surface area contributed by atoms with Gasteiger partial charge in [-0.1, -0.05) is 0 Å². The third-order valence-electron chi connectivity index (χ3n) is 1.16. The van der Waals surface area contributed by atoms with Crippen molar-refractivity contribution in [2.75, 3.05) is 6.61 Å². The molecular formula is C8H10O6. The summed E-state index contributed by atoms with van der Waals surface area (Å²) in [6, 6.07) is 0. The van der Waals surface area contributed by atoms with Crippen molar-refractivity contribution in [3.8, 4) is 0 Å². The number of ether oxygens (including phenoxy) is 1. The molecule has 0 saturated carbocycles. The minimum Gasteiger partial charge on any atom is -0.478 e. The highest BCUT2D eigenvalue weighted by molar-refractivity contribution is 5.89. The molecule has 1 saturated heterocycles. The molecule has 0 aromatic rings. The van der Waals surface area contributed by atoms with Crippen molar-refractivity contribution in [3.63, 3.8) is 0 Å². The Bertz CT molecular complexity index is 231. The molecule has 0 bridgehead atoms. The predicted octanol–water partition coefficient (Wildman–Crippen LogP) is 0.0352. The zero-order chi connectivity index (χ0) is 11.0. The second kappa shape index (κ2) is 6.64. The highest BCUT2D eigenvalue weighted by Crippen LogP contribution is 2.01. The molecule has 0 unspecified atom stereocenters. The minimum absolute atomic E-state index is 0.0463. The van der Waals surface area contributed by atoms with Gasteiger partial charge in [-0.2, -0.15) is 0 Å². The molecule has 78 valence electrons. The van der Waals surface area contributed by atoms with Crippen LogP contribution in [0.15, 0.2) is 12.2 Å². The van der Waals surface area contributed by atoms with Crippen LogP contribution in [0.2, 0.25) is 0 Å². The van der Waals surface area contributed by atoms with Gasteiger partial charge in [0.1, 0.15) is 0 Å². The van der Waals surface area contributed by atoms with E-state index >= 15 is 0 Å². The van der Waals surface area contributed by atoms with Crippen molar-refractivity contribution in [3.05, 3.63) is 12.2 Å². The summed E-state index contributed by atoms with van der Waals surface area (Å²) in [6.07, 6.45) is 2.66. The molecule has 0 radical (unpaired) electrons. The summed E-state index contributed by atoms with van der Waals surface area (Å²) in [5, 5.41) is 15.6. The van der Waals surface area contributed by atoms with Crippen LogP contribution < -0.4 is 0 Å². The van der Waals surface area contributed by atoms with Gasteiger partial charge in [0, 0.05) is 18.6 Å². The van der Waals surface area contributed by atoms with Gasteiger partial charge in [0.15, 0.2) is 0 Å². The highest BCUT2D eigenvalue weighted by Gasteiger charge is 2.08. The van der Waals surface area contributed by atoms with Crippen molar-refractivity contribution in [1.29, 1.82) is 0 Å². The molecule has 14 heavy (non-hydrogen) atoms. The van der Waals surface area contributed by atoms with E-state index in [1.165, 1.54) is 0 Å². The summed E-state index contributed by atoms with van der Waals surface area (Å²) in [6.45, 7) is 0.638. The molecule has 0 atom stereocenters. The first-order chi connectivity index (χ1) is 6.52. The molecule has 2 N–H and O–H groups in total. The average molecular weight is 202 g/mol. The number of carboxylic acid groups (broad SMARTS) is 2. The molecule has 0 aliphatic carbocycles. The van der Waals surface area contributed by atoms with E-state index in [4.69, 9.17) is 10.2 Å². The molecule has 1 rings (SSSR count). The van der Waals surface area contributed by atoms with Gasteiger partial charge in [0.2, 0.25) is 0 Å². The standard InChI is InChI=1S/C4H4O4.C4H6O2/c5-3(6)1-2-4(7)8;5-4-2-1-3-6-4/h1-2H,(H,5,6)(H,7,8);1-3H2. The highest BCUT2D eigenvalue weighted by atomic mass is 16.5. The Morgan fingerprint density at radius 1 is 1.21 bits per heavy atom. The van der Waals surface area contributed by atoms with E-state index in [0.717, 1.165) is 6.42 Å². The van der Waals surface area contributed by atoms with Gasteiger partial charge in [0.25, 0.3) is 0 Å². The lowest BCUT2D eigenvalue weighted by atomic mass is 10.4. The quantitative estimate of drug-likeness (QED) is 0.484. The Morgan fingerprint density at radius 3 is 1.86 bits per heavy atom. The Labute approximate surface area is 79.8 Å². The van der Waals surface area contributed by atoms with Crippen LogP contribution in [0.1, 0.15) is 12.8 Å². The Balaban J connectivity index is 0.000000249. The summed E-state index contributed by atoms with van der Waals surface area (Å²) in [5.41, 5.74) is 0. The fraction of sp³-hybridized carbons (Fsp3) is 0.375. The molecule has 6 nitrogen and oxygen atoms in total. The van der Waals surface area contributed by atoms with E-state index in [0.29, 0.717) is 25.2 Å². The van der Waals surface area contributed by atoms with Crippen molar-refractivity contribution in [2.24, 2.45) is 0 Å². The maximum Gasteiger partial charge on any atom is 0.328 e. The van der Waals surface area contributed by atoms with E-state index in [1.807, 2.05) is 0 Å². The smallest absolute Gasteiger partial charge is 0.328 e. The van der Waals surface area contributed by atoms with Gasteiger partial charge in [-0.05, 0) is 6.42 Å². The lowest BCUT2D eigenvalue weighted by molar-refractivity contribution is -0.138. The number of hydrogen-bond donors (Lipinski definition) is 2. The van der Waals surface area contributed by atoms with Gasteiger partial charge in [-0.25, -0.2) is 9.59 Å². The SMILES string of the molecule is O=C(O)C=CC(=O)O.O=C1CCCO1. The Hall–Kier alpha value is -1.85. The first-order valence-corrected chi connectivity index (χ1v) is 3.82. The summed E-state index contributed by atoms with van der Waals surface area (Å²) < 4.78 is 4.51. The minimum atomic E-state index is -1.26. The molecule has 1 aliphatic rings. The summed E-state index contributed by atoms with van der Waals surface area (Å²) in [7, 11) is 0. The lowest BCUT2D eigenvalue weighted by Gasteiger charge is -1.81. The summed E-state index contributed by atoms with van der Waals surface area (Å²) >= 11 is 0. The first kappa shape index (κ1) is 12.2. The summed E-state index contributed by atoms with van der Waals surface area (Å²) in [4.78, 5) is 29.1. The van der Waals surface area contributed by atoms with Gasteiger partial charge >= 0.3 is 17.9 Å². The van der Waals surface area contributed by atoms with E-state index in [1.54, 1.807) is 0 Å². The molecule has 6 heteroatoms. The molecule has 0 amide bonds. The number of aliphatic carboxylic acids is 2. The fourth-order valence-corrected chi connectivity index (χ4v) is 0.617.